The van der Waals surface area contributed by atoms with Gasteiger partial charge in [0.05, 0.1) is 11.2 Å². The van der Waals surface area contributed by atoms with Crippen LogP contribution < -0.4 is 14.9 Å². The molecule has 0 bridgehead atoms. The number of hydrogen-bond donors (Lipinski definition) is 1. The van der Waals surface area contributed by atoms with Crippen LogP contribution in [0.25, 0.3) is 20.9 Å². The number of carbonyl (C=O) groups is 2. The van der Waals surface area contributed by atoms with Gasteiger partial charge in [0.15, 0.2) is 6.10 Å². The molecule has 1 aromatic heterocycles. The molecule has 184 valence electrons. The van der Waals surface area contributed by atoms with Crippen LogP contribution in [0, 0.1) is 0 Å². The van der Waals surface area contributed by atoms with Gasteiger partial charge in [0.2, 0.25) is 0 Å². The summed E-state index contributed by atoms with van der Waals surface area (Å²) in [6, 6.07) is 27.9. The average Bonchev–Trinajstić information content (AvgIpc) is 3.26. The van der Waals surface area contributed by atoms with Crippen LogP contribution in [0.1, 0.15) is 22.2 Å². The maximum Gasteiger partial charge on any atom is 0.355 e. The lowest BCUT2D eigenvalue weighted by Gasteiger charge is -2.14. The van der Waals surface area contributed by atoms with Gasteiger partial charge < -0.3 is 9.47 Å². The molecule has 0 fully saturated rings. The molecular formula is C29H21ClN2O4S. The Balaban J connectivity index is 1.25. The van der Waals surface area contributed by atoms with Crippen molar-refractivity contribution in [2.75, 3.05) is 0 Å². The largest absolute Gasteiger partial charge is 0.480 e. The second kappa shape index (κ2) is 10.8. The fourth-order valence-electron chi connectivity index (χ4n) is 3.77. The maximum absolute atomic E-state index is 12.9. The monoisotopic (exact) mass is 528 g/mol. The first kappa shape index (κ1) is 24.5. The van der Waals surface area contributed by atoms with Crippen molar-refractivity contribution in [3.05, 3.63) is 106 Å². The van der Waals surface area contributed by atoms with Gasteiger partial charge in [-0.05, 0) is 36.6 Å². The molecule has 4 aromatic carbocycles. The minimum Gasteiger partial charge on any atom is -0.480 e. The van der Waals surface area contributed by atoms with E-state index in [4.69, 9.17) is 21.1 Å². The molecule has 0 radical (unpaired) electrons. The standard InChI is InChI=1S/C29H21ClN2O4S/c1-18(35-24-15-8-11-19-9-2-4-12-21(19)24)28(33)32-31-17-20-10-3-6-14-23(20)36-29(34)27-26(30)22-13-5-7-16-25(22)37-27/h2-18H,1H3,(H,32,33)/b31-17-/t18-/m1/s1. The number of nitrogens with zero attached hydrogens (tertiary/aromatic N) is 1. The normalized spacial score (nSPS) is 12.1. The summed E-state index contributed by atoms with van der Waals surface area (Å²) < 4.78 is 12.4. The van der Waals surface area contributed by atoms with E-state index >= 15 is 0 Å². The van der Waals surface area contributed by atoms with E-state index in [2.05, 4.69) is 10.5 Å². The van der Waals surface area contributed by atoms with Crippen molar-refractivity contribution in [1.29, 1.82) is 0 Å². The van der Waals surface area contributed by atoms with E-state index in [0.717, 1.165) is 20.9 Å². The molecule has 1 atom stereocenters. The molecule has 0 aliphatic heterocycles. The van der Waals surface area contributed by atoms with Crippen LogP contribution in [-0.2, 0) is 4.79 Å². The SMILES string of the molecule is C[C@@H](Oc1cccc2ccccc12)C(=O)N/N=C\c1ccccc1OC(=O)c1sc2ccccc2c1Cl. The summed E-state index contributed by atoms with van der Waals surface area (Å²) in [7, 11) is 0. The first-order chi connectivity index (χ1) is 18.0. The van der Waals surface area contributed by atoms with E-state index in [1.165, 1.54) is 17.6 Å². The number of ether oxygens (including phenoxy) is 2. The number of halogens is 1. The van der Waals surface area contributed by atoms with Gasteiger partial charge in [-0.1, -0.05) is 78.3 Å². The van der Waals surface area contributed by atoms with Crippen LogP contribution in [0.2, 0.25) is 5.02 Å². The van der Waals surface area contributed by atoms with Gasteiger partial charge in [-0.2, -0.15) is 5.10 Å². The Morgan fingerprint density at radius 3 is 2.41 bits per heavy atom. The van der Waals surface area contributed by atoms with Crippen LogP contribution in [0.15, 0.2) is 96.1 Å². The van der Waals surface area contributed by atoms with Gasteiger partial charge in [0.25, 0.3) is 5.91 Å². The van der Waals surface area contributed by atoms with E-state index in [9.17, 15) is 9.59 Å². The summed E-state index contributed by atoms with van der Waals surface area (Å²) in [5.74, 6) is -0.0788. The molecular weight excluding hydrogens is 508 g/mol. The summed E-state index contributed by atoms with van der Waals surface area (Å²) in [5, 5.41) is 7.15. The van der Waals surface area contributed by atoms with Gasteiger partial charge in [-0.15, -0.1) is 11.3 Å². The summed E-state index contributed by atoms with van der Waals surface area (Å²) in [6.07, 6.45) is 0.628. The van der Waals surface area contributed by atoms with Gasteiger partial charge in [-0.3, -0.25) is 4.79 Å². The number of hydrazone groups is 1. The number of hydrogen-bond acceptors (Lipinski definition) is 6. The Bertz CT molecular complexity index is 1640. The third-order valence-electron chi connectivity index (χ3n) is 5.64. The first-order valence-corrected chi connectivity index (χ1v) is 12.7. The van der Waals surface area contributed by atoms with Crippen LogP contribution in [-0.4, -0.2) is 24.2 Å². The molecule has 6 nitrogen and oxygen atoms in total. The second-order valence-electron chi connectivity index (χ2n) is 8.14. The smallest absolute Gasteiger partial charge is 0.355 e. The topological polar surface area (TPSA) is 77.0 Å². The van der Waals surface area contributed by atoms with Gasteiger partial charge in [-0.25, -0.2) is 10.2 Å². The third kappa shape index (κ3) is 5.33. The molecule has 5 aromatic rings. The van der Waals surface area contributed by atoms with Crippen LogP contribution >= 0.6 is 22.9 Å². The van der Waals surface area contributed by atoms with Crippen molar-refractivity contribution in [1.82, 2.24) is 5.43 Å². The Morgan fingerprint density at radius 1 is 0.892 bits per heavy atom. The number of carbonyl (C=O) groups excluding carboxylic acids is 2. The molecule has 0 spiro atoms. The summed E-state index contributed by atoms with van der Waals surface area (Å²) >= 11 is 7.69. The molecule has 0 unspecified atom stereocenters. The van der Waals surface area contributed by atoms with E-state index < -0.39 is 18.0 Å². The zero-order valence-corrected chi connectivity index (χ0v) is 21.3. The molecule has 5 rings (SSSR count). The van der Waals surface area contributed by atoms with Crippen LogP contribution in [0.5, 0.6) is 11.5 Å². The zero-order valence-electron chi connectivity index (χ0n) is 19.7. The molecule has 1 N–H and O–H groups in total. The van der Waals surface area contributed by atoms with Crippen molar-refractivity contribution < 1.29 is 19.1 Å². The van der Waals surface area contributed by atoms with Crippen LogP contribution in [0.4, 0.5) is 0 Å². The minimum absolute atomic E-state index is 0.291. The quantitative estimate of drug-likeness (QED) is 0.108. The second-order valence-corrected chi connectivity index (χ2v) is 9.57. The fourth-order valence-corrected chi connectivity index (χ4v) is 5.16. The number of para-hydroxylation sites is 1. The maximum atomic E-state index is 12.9. The lowest BCUT2D eigenvalue weighted by Crippen LogP contribution is -2.33. The van der Waals surface area contributed by atoms with E-state index in [1.807, 2.05) is 66.7 Å². The number of rotatable bonds is 7. The minimum atomic E-state index is -0.786. The van der Waals surface area contributed by atoms with Gasteiger partial charge in [0.1, 0.15) is 16.4 Å². The highest BCUT2D eigenvalue weighted by molar-refractivity contribution is 7.21. The predicted octanol–water partition coefficient (Wildman–Crippen LogP) is 6.84. The third-order valence-corrected chi connectivity index (χ3v) is 7.30. The van der Waals surface area contributed by atoms with Gasteiger partial charge >= 0.3 is 5.97 Å². The summed E-state index contributed by atoms with van der Waals surface area (Å²) in [6.45, 7) is 1.65. The number of benzene rings is 4. The van der Waals surface area contributed by atoms with E-state index in [0.29, 0.717) is 27.0 Å². The van der Waals surface area contributed by atoms with E-state index in [1.54, 1.807) is 31.2 Å². The first-order valence-electron chi connectivity index (χ1n) is 11.5. The molecule has 8 heteroatoms. The molecule has 0 saturated carbocycles. The molecule has 0 saturated heterocycles. The predicted molar refractivity (Wildman–Crippen MR) is 148 cm³/mol. The highest BCUT2D eigenvalue weighted by atomic mass is 35.5. The van der Waals surface area contributed by atoms with Crippen molar-refractivity contribution >= 4 is 61.9 Å². The molecule has 1 amide bonds. The number of esters is 1. The fraction of sp³-hybridized carbons (Fsp3) is 0.0690. The number of fused-ring (bicyclic) bond motifs is 2. The molecule has 0 aliphatic rings. The lowest BCUT2D eigenvalue weighted by molar-refractivity contribution is -0.127. The van der Waals surface area contributed by atoms with Crippen molar-refractivity contribution in [3.8, 4) is 11.5 Å². The Hall–Kier alpha value is -4.20. The Labute approximate surface area is 222 Å². The van der Waals surface area contributed by atoms with Crippen molar-refractivity contribution in [2.24, 2.45) is 5.10 Å². The highest BCUT2D eigenvalue weighted by Gasteiger charge is 2.20. The van der Waals surface area contributed by atoms with Crippen LogP contribution in [0.3, 0.4) is 0 Å². The summed E-state index contributed by atoms with van der Waals surface area (Å²) in [4.78, 5) is 25.8. The van der Waals surface area contributed by atoms with Gasteiger partial charge in [0, 0.05) is 21.0 Å². The zero-order chi connectivity index (χ0) is 25.8. The average molecular weight is 529 g/mol. The highest BCUT2D eigenvalue weighted by Crippen LogP contribution is 2.36. The number of amides is 1. The summed E-state index contributed by atoms with van der Waals surface area (Å²) in [5.41, 5.74) is 2.99. The number of thiophene rings is 1. The van der Waals surface area contributed by atoms with Crippen molar-refractivity contribution in [3.63, 3.8) is 0 Å². The Kier molecular flexibility index (Phi) is 7.16. The molecule has 0 aliphatic carbocycles. The Morgan fingerprint density at radius 2 is 1.57 bits per heavy atom. The molecule has 1 heterocycles. The number of nitrogens with one attached hydrogen (secondary N) is 1. The van der Waals surface area contributed by atoms with E-state index in [-0.39, 0.29) is 0 Å². The lowest BCUT2D eigenvalue weighted by atomic mass is 10.1. The molecule has 37 heavy (non-hydrogen) atoms. The van der Waals surface area contributed by atoms with Crippen molar-refractivity contribution in [2.45, 2.75) is 13.0 Å².